The molecule has 1 aliphatic rings. The predicted molar refractivity (Wildman–Crippen MR) is 87.8 cm³/mol. The summed E-state index contributed by atoms with van der Waals surface area (Å²) in [5.74, 6) is 1.71. The second kappa shape index (κ2) is 6.66. The number of piperidine rings is 1. The summed E-state index contributed by atoms with van der Waals surface area (Å²) in [5.41, 5.74) is 0.840. The molecular weight excluding hydrogens is 314 g/mol. The number of carbonyl (C=O) groups excluding carboxylic acids is 1. The minimum absolute atomic E-state index is 0.0610. The molecule has 0 unspecified atom stereocenters. The first-order chi connectivity index (χ1) is 11.0. The molecule has 0 saturated carbocycles. The minimum atomic E-state index is 0.0610. The third-order valence-electron chi connectivity index (χ3n) is 4.14. The molecule has 1 saturated heterocycles. The van der Waals surface area contributed by atoms with E-state index in [-0.39, 0.29) is 12.5 Å². The molecule has 0 spiro atoms. The Morgan fingerprint density at radius 3 is 2.52 bits per heavy atom. The maximum atomic E-state index is 12.6. The molecule has 23 heavy (non-hydrogen) atoms. The molecule has 1 aromatic heterocycles. The molecule has 6 nitrogen and oxygen atoms in total. The molecular formula is C16H20ClN5O. The third kappa shape index (κ3) is 3.69. The summed E-state index contributed by atoms with van der Waals surface area (Å²) in [6.45, 7) is 6.14. The summed E-state index contributed by atoms with van der Waals surface area (Å²) in [5, 5.41) is 12.4. The van der Waals surface area contributed by atoms with E-state index in [0.29, 0.717) is 22.7 Å². The first-order valence-corrected chi connectivity index (χ1v) is 8.20. The van der Waals surface area contributed by atoms with Crippen molar-refractivity contribution in [2.24, 2.45) is 11.8 Å². The van der Waals surface area contributed by atoms with Crippen LogP contribution in [0.2, 0.25) is 5.02 Å². The van der Waals surface area contributed by atoms with Crippen molar-refractivity contribution in [1.82, 2.24) is 25.1 Å². The van der Waals surface area contributed by atoms with Crippen molar-refractivity contribution in [2.75, 3.05) is 13.1 Å². The molecule has 7 heteroatoms. The number of likely N-dealkylation sites (tertiary alicyclic amines) is 1. The van der Waals surface area contributed by atoms with E-state index in [4.69, 9.17) is 11.6 Å². The molecule has 1 aromatic carbocycles. The predicted octanol–water partition coefficient (Wildman–Crippen LogP) is 2.50. The molecule has 2 aromatic rings. The molecule has 3 rings (SSSR count). The first-order valence-electron chi connectivity index (χ1n) is 7.83. The topological polar surface area (TPSA) is 63.9 Å². The molecule has 0 N–H and O–H groups in total. The number of halogens is 1. The van der Waals surface area contributed by atoms with Gasteiger partial charge in [0.1, 0.15) is 6.54 Å². The van der Waals surface area contributed by atoms with Crippen LogP contribution in [-0.2, 0) is 11.3 Å². The van der Waals surface area contributed by atoms with Gasteiger partial charge in [-0.2, -0.15) is 0 Å². The Balaban J connectivity index is 1.75. The van der Waals surface area contributed by atoms with Crippen LogP contribution in [0.1, 0.15) is 20.3 Å². The molecule has 0 aliphatic carbocycles. The van der Waals surface area contributed by atoms with Gasteiger partial charge in [0.15, 0.2) is 5.82 Å². The number of nitrogens with zero attached hydrogens (tertiary/aromatic N) is 5. The van der Waals surface area contributed by atoms with E-state index in [9.17, 15) is 4.79 Å². The fourth-order valence-electron chi connectivity index (χ4n) is 3.21. The maximum Gasteiger partial charge on any atom is 0.244 e. The lowest BCUT2D eigenvalue weighted by molar-refractivity contribution is -0.134. The third-order valence-corrected chi connectivity index (χ3v) is 4.39. The van der Waals surface area contributed by atoms with Crippen LogP contribution in [-0.4, -0.2) is 44.1 Å². The molecule has 0 radical (unpaired) electrons. The van der Waals surface area contributed by atoms with Gasteiger partial charge in [0.25, 0.3) is 0 Å². The monoisotopic (exact) mass is 333 g/mol. The van der Waals surface area contributed by atoms with E-state index in [2.05, 4.69) is 29.4 Å². The van der Waals surface area contributed by atoms with Gasteiger partial charge in [0, 0.05) is 23.7 Å². The Morgan fingerprint density at radius 2 is 1.87 bits per heavy atom. The minimum Gasteiger partial charge on any atom is -0.341 e. The molecule has 0 bridgehead atoms. The van der Waals surface area contributed by atoms with Gasteiger partial charge in [0.05, 0.1) is 0 Å². The van der Waals surface area contributed by atoms with Gasteiger partial charge in [-0.3, -0.25) is 4.79 Å². The Morgan fingerprint density at radius 1 is 1.22 bits per heavy atom. The maximum absolute atomic E-state index is 12.6. The highest BCUT2D eigenvalue weighted by molar-refractivity contribution is 6.30. The van der Waals surface area contributed by atoms with E-state index in [1.165, 1.54) is 6.42 Å². The van der Waals surface area contributed by atoms with Crippen LogP contribution in [0.3, 0.4) is 0 Å². The van der Waals surface area contributed by atoms with Gasteiger partial charge in [0.2, 0.25) is 5.91 Å². The van der Waals surface area contributed by atoms with Crippen molar-refractivity contribution in [3.05, 3.63) is 29.3 Å². The summed E-state index contributed by atoms with van der Waals surface area (Å²) in [7, 11) is 0. The van der Waals surface area contributed by atoms with Gasteiger partial charge in [-0.25, -0.2) is 4.68 Å². The zero-order valence-corrected chi connectivity index (χ0v) is 14.1. The Kier molecular flexibility index (Phi) is 4.61. The smallest absolute Gasteiger partial charge is 0.244 e. The molecule has 122 valence electrons. The van der Waals surface area contributed by atoms with Crippen LogP contribution in [0.15, 0.2) is 24.3 Å². The highest BCUT2D eigenvalue weighted by Crippen LogP contribution is 2.22. The number of tetrazole rings is 1. The van der Waals surface area contributed by atoms with E-state index < -0.39 is 0 Å². The molecule has 1 fully saturated rings. The van der Waals surface area contributed by atoms with Gasteiger partial charge in [-0.05, 0) is 52.9 Å². The highest BCUT2D eigenvalue weighted by Gasteiger charge is 2.26. The van der Waals surface area contributed by atoms with Crippen molar-refractivity contribution in [1.29, 1.82) is 0 Å². The molecule has 1 aliphatic heterocycles. The van der Waals surface area contributed by atoms with Crippen LogP contribution < -0.4 is 0 Å². The van der Waals surface area contributed by atoms with E-state index in [1.54, 1.807) is 16.8 Å². The van der Waals surface area contributed by atoms with Crippen LogP contribution in [0.25, 0.3) is 11.4 Å². The lowest BCUT2D eigenvalue weighted by Crippen LogP contribution is -2.44. The van der Waals surface area contributed by atoms with Crippen LogP contribution >= 0.6 is 11.6 Å². The van der Waals surface area contributed by atoms with E-state index >= 15 is 0 Å². The van der Waals surface area contributed by atoms with Gasteiger partial charge in [-0.1, -0.05) is 25.4 Å². The van der Waals surface area contributed by atoms with Crippen LogP contribution in [0.5, 0.6) is 0 Å². The lowest BCUT2D eigenvalue weighted by Gasteiger charge is -2.35. The summed E-state index contributed by atoms with van der Waals surface area (Å²) < 4.78 is 1.55. The SMILES string of the molecule is C[C@H]1C[C@H](C)CN(C(=O)Cn2nnnc2-c2ccc(Cl)cc2)C1. The fourth-order valence-corrected chi connectivity index (χ4v) is 3.34. The van der Waals surface area contributed by atoms with Crippen molar-refractivity contribution in [3.63, 3.8) is 0 Å². The Hall–Kier alpha value is -1.95. The van der Waals surface area contributed by atoms with Crippen LogP contribution in [0.4, 0.5) is 0 Å². The summed E-state index contributed by atoms with van der Waals surface area (Å²) in [6, 6.07) is 7.26. The average molecular weight is 334 g/mol. The van der Waals surface area contributed by atoms with Crippen LogP contribution in [0, 0.1) is 11.8 Å². The largest absolute Gasteiger partial charge is 0.341 e. The Bertz CT molecular complexity index is 674. The van der Waals surface area contributed by atoms with E-state index in [0.717, 1.165) is 18.7 Å². The molecule has 2 atom stereocenters. The van der Waals surface area contributed by atoms with Crippen molar-refractivity contribution >= 4 is 17.5 Å². The summed E-state index contributed by atoms with van der Waals surface area (Å²) >= 11 is 5.91. The van der Waals surface area contributed by atoms with E-state index in [1.807, 2.05) is 17.0 Å². The second-order valence-electron chi connectivity index (χ2n) is 6.41. The standard InChI is InChI=1S/C16H20ClN5O/c1-11-7-12(2)9-21(8-11)15(23)10-22-16(18-19-20-22)13-3-5-14(17)6-4-13/h3-6,11-12H,7-10H2,1-2H3/t11-,12-/m0/s1. The van der Waals surface area contributed by atoms with Crippen molar-refractivity contribution in [3.8, 4) is 11.4 Å². The fraction of sp³-hybridized carbons (Fsp3) is 0.500. The number of hydrogen-bond donors (Lipinski definition) is 0. The van der Waals surface area contributed by atoms with Crippen molar-refractivity contribution in [2.45, 2.75) is 26.8 Å². The number of benzene rings is 1. The first kappa shape index (κ1) is 15.9. The number of hydrogen-bond acceptors (Lipinski definition) is 4. The zero-order valence-electron chi connectivity index (χ0n) is 13.3. The number of carbonyl (C=O) groups is 1. The van der Waals surface area contributed by atoms with Gasteiger partial charge >= 0.3 is 0 Å². The highest BCUT2D eigenvalue weighted by atomic mass is 35.5. The second-order valence-corrected chi connectivity index (χ2v) is 6.85. The van der Waals surface area contributed by atoms with Gasteiger partial charge in [-0.15, -0.1) is 5.10 Å². The average Bonchev–Trinajstić information content (AvgIpc) is 2.95. The zero-order chi connectivity index (χ0) is 16.4. The van der Waals surface area contributed by atoms with Crippen molar-refractivity contribution < 1.29 is 4.79 Å². The Labute approximate surface area is 140 Å². The lowest BCUT2D eigenvalue weighted by atomic mass is 9.92. The quantitative estimate of drug-likeness (QED) is 0.865. The normalized spacial score (nSPS) is 21.4. The van der Waals surface area contributed by atoms with Gasteiger partial charge < -0.3 is 4.90 Å². The number of amides is 1. The molecule has 1 amide bonds. The number of rotatable bonds is 3. The molecule has 2 heterocycles. The number of aromatic nitrogens is 4. The summed E-state index contributed by atoms with van der Waals surface area (Å²) in [4.78, 5) is 14.5. The summed E-state index contributed by atoms with van der Waals surface area (Å²) in [6.07, 6.45) is 1.17.